The molecule has 1 aliphatic heterocycles. The van der Waals surface area contributed by atoms with Gasteiger partial charge in [-0.2, -0.15) is 0 Å². The molecule has 0 unspecified atom stereocenters. The largest absolute Gasteiger partial charge is 0.379 e. The van der Waals surface area contributed by atoms with E-state index < -0.39 is 0 Å². The summed E-state index contributed by atoms with van der Waals surface area (Å²) in [6.07, 6.45) is 6.75. The molecule has 0 radical (unpaired) electrons. The minimum atomic E-state index is 0.501. The molecule has 0 aromatic rings. The fourth-order valence-electron chi connectivity index (χ4n) is 2.96. The number of hydrogen-bond acceptors (Lipinski definition) is 4. The van der Waals surface area contributed by atoms with Crippen LogP contribution in [0.4, 0.5) is 0 Å². The molecule has 1 N–H and O–H groups in total. The van der Waals surface area contributed by atoms with Crippen LogP contribution in [-0.2, 0) is 9.47 Å². The second-order valence-corrected chi connectivity index (χ2v) is 5.75. The Morgan fingerprint density at radius 1 is 1.16 bits per heavy atom. The van der Waals surface area contributed by atoms with Crippen molar-refractivity contribution in [2.75, 3.05) is 46.0 Å². The van der Waals surface area contributed by atoms with Crippen molar-refractivity contribution in [1.29, 1.82) is 0 Å². The standard InChI is InChI=1S/C15H30N2O2/c1-2-7-16-14-3-5-15(6-4-14)19-13-10-17-8-11-18-12-9-17/h14-16H,2-13H2,1H3. The minimum Gasteiger partial charge on any atom is -0.379 e. The number of ether oxygens (including phenoxy) is 2. The van der Waals surface area contributed by atoms with E-state index in [1.54, 1.807) is 0 Å². The number of nitrogens with one attached hydrogen (secondary N) is 1. The molecule has 0 atom stereocenters. The summed E-state index contributed by atoms with van der Waals surface area (Å²) in [4.78, 5) is 2.44. The van der Waals surface area contributed by atoms with Crippen LogP contribution in [0.3, 0.4) is 0 Å². The molecule has 2 rings (SSSR count). The van der Waals surface area contributed by atoms with Crippen LogP contribution in [-0.4, -0.2) is 63.0 Å². The molecule has 1 heterocycles. The van der Waals surface area contributed by atoms with Gasteiger partial charge in [0, 0.05) is 25.7 Å². The lowest BCUT2D eigenvalue weighted by Crippen LogP contribution is -2.39. The van der Waals surface area contributed by atoms with E-state index in [-0.39, 0.29) is 0 Å². The highest BCUT2D eigenvalue weighted by atomic mass is 16.5. The highest BCUT2D eigenvalue weighted by molar-refractivity contribution is 4.77. The molecule has 4 heteroatoms. The number of rotatable bonds is 7. The third kappa shape index (κ3) is 5.78. The highest BCUT2D eigenvalue weighted by Crippen LogP contribution is 2.21. The van der Waals surface area contributed by atoms with Crippen molar-refractivity contribution in [2.24, 2.45) is 0 Å². The smallest absolute Gasteiger partial charge is 0.0597 e. The normalized spacial score (nSPS) is 29.5. The number of morpholine rings is 1. The van der Waals surface area contributed by atoms with E-state index in [2.05, 4.69) is 17.1 Å². The van der Waals surface area contributed by atoms with Gasteiger partial charge < -0.3 is 14.8 Å². The molecule has 19 heavy (non-hydrogen) atoms. The zero-order chi connectivity index (χ0) is 13.3. The fourth-order valence-corrected chi connectivity index (χ4v) is 2.96. The summed E-state index contributed by atoms with van der Waals surface area (Å²) >= 11 is 0. The zero-order valence-electron chi connectivity index (χ0n) is 12.4. The lowest BCUT2D eigenvalue weighted by molar-refractivity contribution is -0.0109. The molecule has 1 saturated carbocycles. The fraction of sp³-hybridized carbons (Fsp3) is 1.00. The molecule has 4 nitrogen and oxygen atoms in total. The summed E-state index contributed by atoms with van der Waals surface area (Å²) in [6.45, 7) is 9.24. The summed E-state index contributed by atoms with van der Waals surface area (Å²) in [5, 5.41) is 3.62. The van der Waals surface area contributed by atoms with E-state index in [0.29, 0.717) is 6.10 Å². The van der Waals surface area contributed by atoms with Gasteiger partial charge >= 0.3 is 0 Å². The summed E-state index contributed by atoms with van der Waals surface area (Å²) in [7, 11) is 0. The van der Waals surface area contributed by atoms with E-state index in [1.807, 2.05) is 0 Å². The van der Waals surface area contributed by atoms with Crippen LogP contribution in [0.2, 0.25) is 0 Å². The van der Waals surface area contributed by atoms with E-state index in [1.165, 1.54) is 32.1 Å². The lowest BCUT2D eigenvalue weighted by atomic mass is 9.93. The zero-order valence-corrected chi connectivity index (χ0v) is 12.4. The molecule has 2 fully saturated rings. The SMILES string of the molecule is CCCNC1CCC(OCCN2CCOCC2)CC1. The predicted octanol–water partition coefficient (Wildman–Crippen LogP) is 1.65. The van der Waals surface area contributed by atoms with Crippen molar-refractivity contribution < 1.29 is 9.47 Å². The van der Waals surface area contributed by atoms with Gasteiger partial charge in [-0.15, -0.1) is 0 Å². The van der Waals surface area contributed by atoms with Gasteiger partial charge in [0.25, 0.3) is 0 Å². The van der Waals surface area contributed by atoms with E-state index in [4.69, 9.17) is 9.47 Å². The van der Waals surface area contributed by atoms with Gasteiger partial charge in [-0.25, -0.2) is 0 Å². The number of hydrogen-bond donors (Lipinski definition) is 1. The Kier molecular flexibility index (Phi) is 7.14. The van der Waals surface area contributed by atoms with Gasteiger partial charge in [0.15, 0.2) is 0 Å². The van der Waals surface area contributed by atoms with Crippen LogP contribution < -0.4 is 5.32 Å². The average Bonchev–Trinajstić information content (AvgIpc) is 2.47. The molecule has 0 aromatic carbocycles. The van der Waals surface area contributed by atoms with Crippen molar-refractivity contribution in [3.8, 4) is 0 Å². The first-order valence-electron chi connectivity index (χ1n) is 8.03. The summed E-state index contributed by atoms with van der Waals surface area (Å²) in [6, 6.07) is 0.735. The maximum atomic E-state index is 6.03. The Morgan fingerprint density at radius 3 is 2.58 bits per heavy atom. The first-order chi connectivity index (χ1) is 9.38. The van der Waals surface area contributed by atoms with Crippen LogP contribution in [0.15, 0.2) is 0 Å². The Morgan fingerprint density at radius 2 is 1.89 bits per heavy atom. The van der Waals surface area contributed by atoms with Crippen LogP contribution in [0.5, 0.6) is 0 Å². The third-order valence-corrected chi connectivity index (χ3v) is 4.22. The van der Waals surface area contributed by atoms with Crippen LogP contribution in [0, 0.1) is 0 Å². The molecule has 0 amide bonds. The van der Waals surface area contributed by atoms with Crippen molar-refractivity contribution in [2.45, 2.75) is 51.2 Å². The molecule has 0 spiro atoms. The molecule has 1 aliphatic carbocycles. The lowest BCUT2D eigenvalue weighted by Gasteiger charge is -2.31. The van der Waals surface area contributed by atoms with Gasteiger partial charge in [0.2, 0.25) is 0 Å². The monoisotopic (exact) mass is 270 g/mol. The van der Waals surface area contributed by atoms with Crippen LogP contribution in [0.25, 0.3) is 0 Å². The van der Waals surface area contributed by atoms with Crippen molar-refractivity contribution in [1.82, 2.24) is 10.2 Å². The van der Waals surface area contributed by atoms with Crippen molar-refractivity contribution in [3.05, 3.63) is 0 Å². The highest BCUT2D eigenvalue weighted by Gasteiger charge is 2.21. The maximum Gasteiger partial charge on any atom is 0.0597 e. The molecular weight excluding hydrogens is 240 g/mol. The second kappa shape index (κ2) is 8.90. The molecule has 112 valence electrons. The Hall–Kier alpha value is -0.160. The Bertz CT molecular complexity index is 224. The predicted molar refractivity (Wildman–Crippen MR) is 77.5 cm³/mol. The van der Waals surface area contributed by atoms with Gasteiger partial charge in [-0.1, -0.05) is 6.92 Å². The van der Waals surface area contributed by atoms with Gasteiger partial charge in [0.1, 0.15) is 0 Å². The van der Waals surface area contributed by atoms with E-state index >= 15 is 0 Å². The quantitative estimate of drug-likeness (QED) is 0.762. The Labute approximate surface area is 117 Å². The molecule has 1 saturated heterocycles. The van der Waals surface area contributed by atoms with E-state index in [0.717, 1.165) is 52.0 Å². The number of nitrogens with zero attached hydrogens (tertiary/aromatic N) is 1. The van der Waals surface area contributed by atoms with E-state index in [9.17, 15) is 0 Å². The first kappa shape index (κ1) is 15.2. The van der Waals surface area contributed by atoms with Crippen LogP contribution in [0.1, 0.15) is 39.0 Å². The summed E-state index contributed by atoms with van der Waals surface area (Å²) in [5.74, 6) is 0. The molecule has 0 aromatic heterocycles. The van der Waals surface area contributed by atoms with Gasteiger partial charge in [-0.05, 0) is 38.6 Å². The summed E-state index contributed by atoms with van der Waals surface area (Å²) < 4.78 is 11.4. The minimum absolute atomic E-state index is 0.501. The maximum absolute atomic E-state index is 6.03. The van der Waals surface area contributed by atoms with Crippen molar-refractivity contribution in [3.63, 3.8) is 0 Å². The van der Waals surface area contributed by atoms with Crippen molar-refractivity contribution >= 4 is 0 Å². The van der Waals surface area contributed by atoms with Crippen LogP contribution >= 0.6 is 0 Å². The first-order valence-corrected chi connectivity index (χ1v) is 8.03. The second-order valence-electron chi connectivity index (χ2n) is 5.75. The van der Waals surface area contributed by atoms with Gasteiger partial charge in [-0.3, -0.25) is 4.90 Å². The topological polar surface area (TPSA) is 33.7 Å². The third-order valence-electron chi connectivity index (χ3n) is 4.22. The molecule has 2 aliphatic rings. The Balaban J connectivity index is 1.50. The molecular formula is C15H30N2O2. The van der Waals surface area contributed by atoms with Gasteiger partial charge in [0.05, 0.1) is 25.9 Å². The summed E-state index contributed by atoms with van der Waals surface area (Å²) in [5.41, 5.74) is 0. The average molecular weight is 270 g/mol. The molecule has 0 bridgehead atoms.